The quantitative estimate of drug-likeness (QED) is 0.863. The van der Waals surface area contributed by atoms with Crippen LogP contribution in [0.4, 0.5) is 0 Å². The Labute approximate surface area is 115 Å². The molecule has 0 atom stereocenters. The highest BCUT2D eigenvalue weighted by Crippen LogP contribution is 2.19. The molecule has 0 amide bonds. The number of hydrogen-bond acceptors (Lipinski definition) is 4. The summed E-state index contributed by atoms with van der Waals surface area (Å²) in [6.07, 6.45) is 0. The molecule has 0 fully saturated rings. The van der Waals surface area contributed by atoms with Crippen molar-refractivity contribution in [3.63, 3.8) is 0 Å². The Bertz CT molecular complexity index is 647. The Hall–Kier alpha value is -2.63. The topological polar surface area (TPSA) is 81.4 Å². The highest BCUT2D eigenvalue weighted by molar-refractivity contribution is 6.02. The van der Waals surface area contributed by atoms with Gasteiger partial charge in [0.1, 0.15) is 5.56 Å². The van der Waals surface area contributed by atoms with Crippen molar-refractivity contribution >= 4 is 11.9 Å². The molecule has 0 unspecified atom stereocenters. The summed E-state index contributed by atoms with van der Waals surface area (Å²) in [5.41, 5.74) is 0.753. The average Bonchev–Trinajstić information content (AvgIpc) is 2.78. The maximum absolute atomic E-state index is 11.8. The number of carboxylic acids is 1. The molecule has 1 aromatic carbocycles. The van der Waals surface area contributed by atoms with E-state index in [1.165, 1.54) is 4.68 Å². The first-order valence-electron chi connectivity index (χ1n) is 6.11. The number of hydrogen-bond donors (Lipinski definition) is 1. The van der Waals surface area contributed by atoms with E-state index in [9.17, 15) is 14.7 Å². The van der Waals surface area contributed by atoms with E-state index in [4.69, 9.17) is 4.74 Å². The summed E-state index contributed by atoms with van der Waals surface area (Å²) in [4.78, 5) is 23.1. The van der Waals surface area contributed by atoms with Crippen molar-refractivity contribution in [2.75, 3.05) is 6.61 Å². The van der Waals surface area contributed by atoms with Gasteiger partial charge in [-0.25, -0.2) is 14.3 Å². The second-order valence-corrected chi connectivity index (χ2v) is 4.08. The zero-order chi connectivity index (χ0) is 14.7. The Morgan fingerprint density at radius 3 is 2.50 bits per heavy atom. The van der Waals surface area contributed by atoms with E-state index in [-0.39, 0.29) is 17.9 Å². The molecule has 6 heteroatoms. The van der Waals surface area contributed by atoms with Crippen molar-refractivity contribution in [2.24, 2.45) is 0 Å². The molecule has 0 saturated heterocycles. The fourth-order valence-corrected chi connectivity index (χ4v) is 1.92. The number of rotatable bonds is 4. The van der Waals surface area contributed by atoms with Crippen LogP contribution in [0.3, 0.4) is 0 Å². The average molecular weight is 274 g/mol. The van der Waals surface area contributed by atoms with Gasteiger partial charge in [0.2, 0.25) is 0 Å². The first-order valence-corrected chi connectivity index (χ1v) is 6.11. The van der Waals surface area contributed by atoms with Crippen LogP contribution in [0, 0.1) is 6.92 Å². The van der Waals surface area contributed by atoms with Crippen LogP contribution >= 0.6 is 0 Å². The number of aromatic nitrogens is 2. The zero-order valence-corrected chi connectivity index (χ0v) is 11.2. The van der Waals surface area contributed by atoms with Crippen molar-refractivity contribution in [3.05, 3.63) is 47.3 Å². The number of para-hydroxylation sites is 1. The lowest BCUT2D eigenvalue weighted by molar-refractivity contribution is 0.0507. The van der Waals surface area contributed by atoms with Crippen LogP contribution in [-0.2, 0) is 4.74 Å². The third-order valence-electron chi connectivity index (χ3n) is 2.80. The molecule has 2 rings (SSSR count). The van der Waals surface area contributed by atoms with Crippen molar-refractivity contribution in [1.29, 1.82) is 0 Å². The molecule has 6 nitrogen and oxygen atoms in total. The highest BCUT2D eigenvalue weighted by atomic mass is 16.5. The number of benzene rings is 1. The monoisotopic (exact) mass is 274 g/mol. The van der Waals surface area contributed by atoms with Crippen LogP contribution in [-0.4, -0.2) is 33.4 Å². The van der Waals surface area contributed by atoms with Gasteiger partial charge in [-0.2, -0.15) is 5.10 Å². The first kappa shape index (κ1) is 13.8. The summed E-state index contributed by atoms with van der Waals surface area (Å²) < 4.78 is 6.27. The summed E-state index contributed by atoms with van der Waals surface area (Å²) in [6, 6.07) is 9.01. The number of carbonyl (C=O) groups is 2. The number of nitrogens with zero attached hydrogens (tertiary/aromatic N) is 2. The van der Waals surface area contributed by atoms with Gasteiger partial charge >= 0.3 is 11.9 Å². The van der Waals surface area contributed by atoms with Gasteiger partial charge < -0.3 is 9.84 Å². The molecular weight excluding hydrogens is 260 g/mol. The zero-order valence-electron chi connectivity index (χ0n) is 11.2. The molecule has 0 bridgehead atoms. The van der Waals surface area contributed by atoms with Gasteiger partial charge in [-0.05, 0) is 26.0 Å². The Morgan fingerprint density at radius 1 is 1.30 bits per heavy atom. The molecule has 0 spiro atoms. The van der Waals surface area contributed by atoms with Gasteiger partial charge in [0, 0.05) is 0 Å². The van der Waals surface area contributed by atoms with Gasteiger partial charge in [-0.15, -0.1) is 0 Å². The minimum absolute atomic E-state index is 0.132. The van der Waals surface area contributed by atoms with Gasteiger partial charge in [0.25, 0.3) is 0 Å². The molecule has 1 heterocycles. The van der Waals surface area contributed by atoms with Crippen molar-refractivity contribution in [2.45, 2.75) is 13.8 Å². The molecule has 0 radical (unpaired) electrons. The molecule has 1 aromatic heterocycles. The van der Waals surface area contributed by atoms with Crippen LogP contribution in [0.1, 0.15) is 33.5 Å². The van der Waals surface area contributed by atoms with Crippen molar-refractivity contribution in [1.82, 2.24) is 9.78 Å². The molecular formula is C14H14N2O4. The second-order valence-electron chi connectivity index (χ2n) is 4.08. The normalized spacial score (nSPS) is 10.3. The summed E-state index contributed by atoms with van der Waals surface area (Å²) in [5.74, 6) is -1.93. The summed E-state index contributed by atoms with van der Waals surface area (Å²) in [6.45, 7) is 3.42. The van der Waals surface area contributed by atoms with E-state index in [0.717, 1.165) is 0 Å². The summed E-state index contributed by atoms with van der Waals surface area (Å²) in [7, 11) is 0. The Balaban J connectivity index is 2.59. The van der Waals surface area contributed by atoms with E-state index in [2.05, 4.69) is 5.10 Å². The third-order valence-corrected chi connectivity index (χ3v) is 2.80. The number of aromatic carboxylic acids is 1. The molecule has 104 valence electrons. The van der Waals surface area contributed by atoms with Gasteiger partial charge in [0.15, 0.2) is 5.69 Å². The maximum atomic E-state index is 11.8. The van der Waals surface area contributed by atoms with E-state index >= 15 is 0 Å². The summed E-state index contributed by atoms with van der Waals surface area (Å²) >= 11 is 0. The molecule has 0 aliphatic rings. The van der Waals surface area contributed by atoms with E-state index in [1.54, 1.807) is 38.1 Å². The minimum Gasteiger partial charge on any atom is -0.478 e. The third kappa shape index (κ3) is 2.40. The van der Waals surface area contributed by atoms with Crippen molar-refractivity contribution < 1.29 is 19.4 Å². The Kier molecular flexibility index (Phi) is 3.84. The standard InChI is InChI=1S/C14H14N2O4/c1-3-20-14(19)12-11(13(17)18)9(2)16(15-12)10-7-5-4-6-8-10/h4-8H,3H2,1-2H3,(H,17,18). The maximum Gasteiger partial charge on any atom is 0.359 e. The van der Waals surface area contributed by atoms with E-state index < -0.39 is 11.9 Å². The minimum atomic E-state index is -1.20. The van der Waals surface area contributed by atoms with E-state index in [1.807, 2.05) is 6.07 Å². The van der Waals surface area contributed by atoms with Gasteiger partial charge in [-0.1, -0.05) is 18.2 Å². The fraction of sp³-hybridized carbons (Fsp3) is 0.214. The van der Waals surface area contributed by atoms with Crippen LogP contribution in [0.25, 0.3) is 5.69 Å². The van der Waals surface area contributed by atoms with Crippen LogP contribution in [0.15, 0.2) is 30.3 Å². The van der Waals surface area contributed by atoms with Crippen LogP contribution in [0.2, 0.25) is 0 Å². The van der Waals surface area contributed by atoms with Crippen LogP contribution < -0.4 is 0 Å². The predicted octanol–water partition coefficient (Wildman–Crippen LogP) is 2.06. The molecule has 20 heavy (non-hydrogen) atoms. The fourth-order valence-electron chi connectivity index (χ4n) is 1.92. The first-order chi connectivity index (χ1) is 9.56. The Morgan fingerprint density at radius 2 is 1.95 bits per heavy atom. The summed E-state index contributed by atoms with van der Waals surface area (Å²) in [5, 5.41) is 13.3. The van der Waals surface area contributed by atoms with E-state index in [0.29, 0.717) is 11.4 Å². The van der Waals surface area contributed by atoms with Gasteiger partial charge in [0.05, 0.1) is 18.0 Å². The smallest absolute Gasteiger partial charge is 0.359 e. The number of carbonyl (C=O) groups excluding carboxylic acids is 1. The SMILES string of the molecule is CCOC(=O)c1nn(-c2ccccc2)c(C)c1C(=O)O. The second kappa shape index (κ2) is 5.56. The number of carboxylic acid groups (broad SMARTS) is 1. The molecule has 2 aromatic rings. The molecule has 0 aliphatic carbocycles. The largest absolute Gasteiger partial charge is 0.478 e. The lowest BCUT2D eigenvalue weighted by Gasteiger charge is -2.03. The van der Waals surface area contributed by atoms with Crippen LogP contribution in [0.5, 0.6) is 0 Å². The van der Waals surface area contributed by atoms with Crippen molar-refractivity contribution in [3.8, 4) is 5.69 Å². The predicted molar refractivity (Wildman–Crippen MR) is 71.2 cm³/mol. The lowest BCUT2D eigenvalue weighted by Crippen LogP contribution is -2.11. The lowest BCUT2D eigenvalue weighted by atomic mass is 10.2. The highest BCUT2D eigenvalue weighted by Gasteiger charge is 2.26. The molecule has 0 saturated carbocycles. The number of ether oxygens (including phenoxy) is 1. The number of esters is 1. The van der Waals surface area contributed by atoms with Gasteiger partial charge in [-0.3, -0.25) is 0 Å². The molecule has 1 N–H and O–H groups in total. The molecule has 0 aliphatic heterocycles.